The predicted molar refractivity (Wildman–Crippen MR) is 51.6 cm³/mol. The smallest absolute Gasteiger partial charge is 0.241 e. The van der Waals surface area contributed by atoms with Gasteiger partial charge < -0.3 is 4.74 Å². The Morgan fingerprint density at radius 1 is 1.55 bits per heavy atom. The van der Waals surface area contributed by atoms with Crippen LogP contribution in [-0.2, 0) is 4.74 Å². The molecule has 0 saturated heterocycles. The molecule has 1 rings (SSSR count). The van der Waals surface area contributed by atoms with Crippen molar-refractivity contribution in [2.75, 3.05) is 6.61 Å². The summed E-state index contributed by atoms with van der Waals surface area (Å²) in [5.74, 6) is 0. The van der Waals surface area contributed by atoms with Gasteiger partial charge in [0.2, 0.25) is 4.38 Å². The first-order chi connectivity index (χ1) is 5.33. The zero-order valence-electron chi connectivity index (χ0n) is 6.19. The molecule has 0 aromatic carbocycles. The van der Waals surface area contributed by atoms with E-state index in [2.05, 4.69) is 0 Å². The monoisotopic (exact) mass is 187 g/mol. The normalized spacial score (nSPS) is 9.55. The van der Waals surface area contributed by atoms with Crippen molar-refractivity contribution in [3.63, 3.8) is 0 Å². The molecule has 2 nitrogen and oxygen atoms in total. The minimum Gasteiger partial charge on any atom is -0.478 e. The maximum atomic E-state index is 5.09. The fourth-order valence-corrected chi connectivity index (χ4v) is 1.59. The van der Waals surface area contributed by atoms with Crippen LogP contribution in [0, 0.1) is 0 Å². The SMILES string of the molecule is CCOC(=S)Sn1cccc1. The standard InChI is InChI=1S/C7H9NOS2/c1-2-9-7(10)11-8-5-3-4-6-8/h3-6H,2H2,1H3. The first-order valence-electron chi connectivity index (χ1n) is 3.31. The number of hydrogen-bond acceptors (Lipinski definition) is 3. The van der Waals surface area contributed by atoms with Crippen molar-refractivity contribution in [3.05, 3.63) is 24.5 Å². The molecule has 0 N–H and O–H groups in total. The third kappa shape index (κ3) is 2.95. The molecule has 0 aliphatic heterocycles. The lowest BCUT2D eigenvalue weighted by Gasteiger charge is -2.03. The minimum atomic E-state index is 0.559. The van der Waals surface area contributed by atoms with Gasteiger partial charge in [-0.1, -0.05) is 0 Å². The largest absolute Gasteiger partial charge is 0.478 e. The van der Waals surface area contributed by atoms with E-state index in [1.54, 1.807) is 0 Å². The van der Waals surface area contributed by atoms with E-state index < -0.39 is 0 Å². The van der Waals surface area contributed by atoms with Crippen molar-refractivity contribution < 1.29 is 4.74 Å². The van der Waals surface area contributed by atoms with E-state index in [0.717, 1.165) is 0 Å². The van der Waals surface area contributed by atoms with Gasteiger partial charge in [-0.15, -0.1) is 0 Å². The van der Waals surface area contributed by atoms with Gasteiger partial charge in [-0.25, -0.2) is 0 Å². The average molecular weight is 187 g/mol. The maximum Gasteiger partial charge on any atom is 0.241 e. The predicted octanol–water partition coefficient (Wildman–Crippen LogP) is 2.31. The van der Waals surface area contributed by atoms with Crippen LogP contribution in [0.2, 0.25) is 0 Å². The minimum absolute atomic E-state index is 0.559. The van der Waals surface area contributed by atoms with Gasteiger partial charge in [0.25, 0.3) is 0 Å². The fourth-order valence-electron chi connectivity index (χ4n) is 0.610. The first-order valence-corrected chi connectivity index (χ1v) is 4.49. The molecule has 60 valence electrons. The molecule has 0 bridgehead atoms. The highest BCUT2D eigenvalue weighted by molar-refractivity contribution is 8.21. The van der Waals surface area contributed by atoms with Crippen LogP contribution in [-0.4, -0.2) is 15.0 Å². The Hall–Kier alpha value is -0.480. The lowest BCUT2D eigenvalue weighted by atomic mass is 10.7. The molecule has 11 heavy (non-hydrogen) atoms. The van der Waals surface area contributed by atoms with Crippen molar-refractivity contribution in [2.45, 2.75) is 6.92 Å². The van der Waals surface area contributed by atoms with E-state index >= 15 is 0 Å². The van der Waals surface area contributed by atoms with Crippen molar-refractivity contribution >= 4 is 28.5 Å². The summed E-state index contributed by atoms with van der Waals surface area (Å²) in [5, 5.41) is 0. The van der Waals surface area contributed by atoms with E-state index in [1.165, 1.54) is 11.9 Å². The molecule has 4 heteroatoms. The summed E-state index contributed by atoms with van der Waals surface area (Å²) in [5.41, 5.74) is 0. The van der Waals surface area contributed by atoms with Crippen molar-refractivity contribution in [3.8, 4) is 0 Å². The summed E-state index contributed by atoms with van der Waals surface area (Å²) in [6, 6.07) is 3.89. The van der Waals surface area contributed by atoms with E-state index in [9.17, 15) is 0 Å². The number of nitrogens with zero attached hydrogens (tertiary/aromatic N) is 1. The van der Waals surface area contributed by atoms with E-state index in [4.69, 9.17) is 17.0 Å². The highest BCUT2D eigenvalue weighted by atomic mass is 32.2. The number of hydrogen-bond donors (Lipinski definition) is 0. The van der Waals surface area contributed by atoms with Gasteiger partial charge in [-0.3, -0.25) is 3.97 Å². The van der Waals surface area contributed by atoms with Crippen LogP contribution in [0.5, 0.6) is 0 Å². The molecule has 0 fully saturated rings. The Morgan fingerprint density at radius 2 is 2.18 bits per heavy atom. The fraction of sp³-hybridized carbons (Fsp3) is 0.286. The van der Waals surface area contributed by atoms with Crippen LogP contribution in [0.3, 0.4) is 0 Å². The molecule has 1 aromatic rings. The van der Waals surface area contributed by atoms with Crippen LogP contribution >= 0.6 is 24.2 Å². The number of rotatable bonds is 2. The van der Waals surface area contributed by atoms with Gasteiger partial charge in [0, 0.05) is 24.3 Å². The van der Waals surface area contributed by atoms with Gasteiger partial charge >= 0.3 is 0 Å². The Kier molecular flexibility index (Phi) is 3.45. The highest BCUT2D eigenvalue weighted by Gasteiger charge is 1.96. The number of thiocarbonyl (C=S) groups is 1. The van der Waals surface area contributed by atoms with Crippen molar-refractivity contribution in [1.29, 1.82) is 0 Å². The molecule has 1 heterocycles. The Bertz CT molecular complexity index is 220. The zero-order valence-corrected chi connectivity index (χ0v) is 7.82. The maximum absolute atomic E-state index is 5.09. The molecular formula is C7H9NOS2. The molecule has 0 unspecified atom stereocenters. The van der Waals surface area contributed by atoms with E-state index in [0.29, 0.717) is 11.0 Å². The summed E-state index contributed by atoms with van der Waals surface area (Å²) < 4.78 is 7.55. The van der Waals surface area contributed by atoms with Gasteiger partial charge in [0.05, 0.1) is 6.61 Å². The van der Waals surface area contributed by atoms with Crippen LogP contribution in [0.25, 0.3) is 0 Å². The van der Waals surface area contributed by atoms with Crippen molar-refractivity contribution in [1.82, 2.24) is 3.97 Å². The summed E-state index contributed by atoms with van der Waals surface area (Å²) in [7, 11) is 0. The average Bonchev–Trinajstić information content (AvgIpc) is 2.40. The van der Waals surface area contributed by atoms with Crippen LogP contribution < -0.4 is 0 Å². The van der Waals surface area contributed by atoms with Gasteiger partial charge in [-0.2, -0.15) is 0 Å². The second kappa shape index (κ2) is 4.41. The second-order valence-corrected chi connectivity index (χ2v) is 3.42. The quantitative estimate of drug-likeness (QED) is 0.660. The summed E-state index contributed by atoms with van der Waals surface area (Å²) in [6.07, 6.45) is 3.85. The third-order valence-corrected chi connectivity index (χ3v) is 2.08. The van der Waals surface area contributed by atoms with E-state index in [1.807, 2.05) is 35.4 Å². The lowest BCUT2D eigenvalue weighted by molar-refractivity contribution is 0.346. The number of ether oxygens (including phenoxy) is 1. The molecule has 1 aromatic heterocycles. The molecule has 0 aliphatic carbocycles. The summed E-state index contributed by atoms with van der Waals surface area (Å²) in [4.78, 5) is 0. The first kappa shape index (κ1) is 8.62. The highest BCUT2D eigenvalue weighted by Crippen LogP contribution is 2.09. The van der Waals surface area contributed by atoms with Gasteiger partial charge in [0.1, 0.15) is 0 Å². The molecule has 0 spiro atoms. The molecular weight excluding hydrogens is 178 g/mol. The summed E-state index contributed by atoms with van der Waals surface area (Å²) >= 11 is 6.32. The molecule has 0 aliphatic rings. The number of aromatic nitrogens is 1. The lowest BCUT2D eigenvalue weighted by Crippen LogP contribution is -1.98. The van der Waals surface area contributed by atoms with Gasteiger partial charge in [-0.05, 0) is 31.3 Å². The Labute approximate surface area is 75.7 Å². The van der Waals surface area contributed by atoms with Crippen LogP contribution in [0.1, 0.15) is 6.92 Å². The molecule has 0 radical (unpaired) electrons. The molecule has 0 atom stereocenters. The topological polar surface area (TPSA) is 14.2 Å². The second-order valence-electron chi connectivity index (χ2n) is 1.82. The third-order valence-electron chi connectivity index (χ3n) is 1.02. The molecule has 0 amide bonds. The molecule has 0 saturated carbocycles. The van der Waals surface area contributed by atoms with E-state index in [-0.39, 0.29) is 0 Å². The van der Waals surface area contributed by atoms with Crippen molar-refractivity contribution in [2.24, 2.45) is 0 Å². The van der Waals surface area contributed by atoms with Gasteiger partial charge in [0.15, 0.2) is 0 Å². The summed E-state index contributed by atoms with van der Waals surface area (Å²) in [6.45, 7) is 2.55. The zero-order chi connectivity index (χ0) is 8.10. The van der Waals surface area contributed by atoms with Crippen LogP contribution in [0.15, 0.2) is 24.5 Å². The Morgan fingerprint density at radius 3 is 2.73 bits per heavy atom. The Balaban J connectivity index is 2.37. The van der Waals surface area contributed by atoms with Crippen LogP contribution in [0.4, 0.5) is 0 Å².